The van der Waals surface area contributed by atoms with E-state index in [0.29, 0.717) is 0 Å². The maximum absolute atomic E-state index is 5.48. The van der Waals surface area contributed by atoms with Gasteiger partial charge in [0.05, 0.1) is 13.2 Å². The van der Waals surface area contributed by atoms with Gasteiger partial charge in [0.15, 0.2) is 0 Å². The molecule has 1 unspecified atom stereocenters. The third-order valence-corrected chi connectivity index (χ3v) is 4.74. The molecule has 20 heavy (non-hydrogen) atoms. The van der Waals surface area contributed by atoms with Crippen LogP contribution in [0.3, 0.4) is 0 Å². The summed E-state index contributed by atoms with van der Waals surface area (Å²) in [4.78, 5) is 0. The van der Waals surface area contributed by atoms with E-state index < -0.39 is 0 Å². The van der Waals surface area contributed by atoms with Crippen LogP contribution in [0.2, 0.25) is 0 Å². The molecular formula is C15H14Br3NO. The summed E-state index contributed by atoms with van der Waals surface area (Å²) in [6, 6.07) is 12.2. The molecular weight excluding hydrogens is 450 g/mol. The first-order valence-corrected chi connectivity index (χ1v) is 8.40. The van der Waals surface area contributed by atoms with Crippen molar-refractivity contribution >= 4 is 47.8 Å². The molecule has 0 spiro atoms. The molecule has 0 bridgehead atoms. The maximum atomic E-state index is 5.48. The normalized spacial score (nSPS) is 12.2. The van der Waals surface area contributed by atoms with Crippen LogP contribution in [0.4, 0.5) is 0 Å². The van der Waals surface area contributed by atoms with E-state index in [0.717, 1.165) is 30.3 Å². The van der Waals surface area contributed by atoms with E-state index in [-0.39, 0.29) is 6.04 Å². The number of nitrogens with one attached hydrogen (secondary N) is 1. The first-order valence-electron chi connectivity index (χ1n) is 6.02. The summed E-state index contributed by atoms with van der Waals surface area (Å²) in [6.07, 6.45) is 0. The highest BCUT2D eigenvalue weighted by atomic mass is 79.9. The Kier molecular flexibility index (Phi) is 5.66. The quantitative estimate of drug-likeness (QED) is 0.665. The molecule has 2 aromatic carbocycles. The Morgan fingerprint density at radius 2 is 1.60 bits per heavy atom. The number of hydrogen-bond donors (Lipinski definition) is 1. The summed E-state index contributed by atoms with van der Waals surface area (Å²) in [5.74, 6) is 0.863. The van der Waals surface area contributed by atoms with Gasteiger partial charge in [0.25, 0.3) is 0 Å². The summed E-state index contributed by atoms with van der Waals surface area (Å²) >= 11 is 10.6. The zero-order chi connectivity index (χ0) is 14.7. The summed E-state index contributed by atoms with van der Waals surface area (Å²) in [6.45, 7) is 0. The number of methoxy groups -OCH3 is 1. The highest BCUT2D eigenvalue weighted by molar-refractivity contribution is 9.11. The number of ether oxygens (including phenoxy) is 1. The Hall–Kier alpha value is -0.360. The highest BCUT2D eigenvalue weighted by Gasteiger charge is 2.19. The third kappa shape index (κ3) is 3.45. The van der Waals surface area contributed by atoms with Crippen LogP contribution in [0, 0.1) is 0 Å². The lowest BCUT2D eigenvalue weighted by molar-refractivity contribution is 0.405. The molecule has 2 rings (SSSR count). The van der Waals surface area contributed by atoms with Crippen LogP contribution in [-0.4, -0.2) is 14.2 Å². The fraction of sp³-hybridized carbons (Fsp3) is 0.200. The van der Waals surface area contributed by atoms with Crippen LogP contribution < -0.4 is 10.1 Å². The van der Waals surface area contributed by atoms with Gasteiger partial charge in [0, 0.05) is 19.0 Å². The van der Waals surface area contributed by atoms with Crippen LogP contribution >= 0.6 is 47.8 Å². The van der Waals surface area contributed by atoms with Crippen molar-refractivity contribution in [1.82, 2.24) is 5.32 Å². The zero-order valence-electron chi connectivity index (χ0n) is 11.1. The van der Waals surface area contributed by atoms with E-state index >= 15 is 0 Å². The lowest BCUT2D eigenvalue weighted by atomic mass is 9.98. The molecule has 1 atom stereocenters. The molecule has 0 aliphatic heterocycles. The fourth-order valence-corrected chi connectivity index (χ4v) is 3.80. The maximum Gasteiger partial charge on any atom is 0.124 e. The molecule has 0 aliphatic rings. The predicted octanol–water partition coefficient (Wildman–Crippen LogP) is 5.29. The molecule has 0 radical (unpaired) electrons. The lowest BCUT2D eigenvalue weighted by Gasteiger charge is -2.21. The Bertz CT molecular complexity index is 616. The van der Waals surface area contributed by atoms with Gasteiger partial charge in [-0.15, -0.1) is 0 Å². The first-order chi connectivity index (χ1) is 9.56. The standard InChI is InChI=1S/C15H14Br3NO/c1-19-15(11-5-3-10(17)8-13(11)18)12-7-9(16)4-6-14(12)20-2/h3-8,15,19H,1-2H3. The topological polar surface area (TPSA) is 21.3 Å². The number of halogens is 3. The van der Waals surface area contributed by atoms with Crippen molar-refractivity contribution in [3.05, 3.63) is 60.9 Å². The number of benzene rings is 2. The largest absolute Gasteiger partial charge is 0.496 e. The van der Waals surface area contributed by atoms with E-state index in [2.05, 4.69) is 65.2 Å². The van der Waals surface area contributed by atoms with Crippen molar-refractivity contribution in [2.24, 2.45) is 0 Å². The van der Waals surface area contributed by atoms with E-state index in [1.54, 1.807) is 7.11 Å². The zero-order valence-corrected chi connectivity index (χ0v) is 15.8. The molecule has 0 saturated heterocycles. The molecule has 0 amide bonds. The Morgan fingerprint density at radius 1 is 0.950 bits per heavy atom. The van der Waals surface area contributed by atoms with Gasteiger partial charge in [0.2, 0.25) is 0 Å². The van der Waals surface area contributed by atoms with Crippen molar-refractivity contribution in [2.75, 3.05) is 14.2 Å². The minimum Gasteiger partial charge on any atom is -0.496 e. The molecule has 5 heteroatoms. The van der Waals surface area contributed by atoms with E-state index in [1.165, 1.54) is 0 Å². The van der Waals surface area contributed by atoms with Gasteiger partial charge in [0.1, 0.15) is 5.75 Å². The van der Waals surface area contributed by atoms with Crippen LogP contribution in [0.25, 0.3) is 0 Å². The van der Waals surface area contributed by atoms with Gasteiger partial charge in [-0.2, -0.15) is 0 Å². The Balaban J connectivity index is 2.54. The summed E-state index contributed by atoms with van der Waals surface area (Å²) < 4.78 is 8.61. The van der Waals surface area contributed by atoms with Crippen molar-refractivity contribution in [2.45, 2.75) is 6.04 Å². The second kappa shape index (κ2) is 7.07. The van der Waals surface area contributed by atoms with Gasteiger partial charge in [-0.25, -0.2) is 0 Å². The number of rotatable bonds is 4. The minimum absolute atomic E-state index is 0.0462. The van der Waals surface area contributed by atoms with Crippen molar-refractivity contribution < 1.29 is 4.74 Å². The third-order valence-electron chi connectivity index (χ3n) is 3.06. The highest BCUT2D eigenvalue weighted by Crippen LogP contribution is 2.36. The molecule has 106 valence electrons. The molecule has 2 nitrogen and oxygen atoms in total. The van der Waals surface area contributed by atoms with Gasteiger partial charge in [-0.1, -0.05) is 53.9 Å². The van der Waals surface area contributed by atoms with Crippen LogP contribution in [0.1, 0.15) is 17.2 Å². The monoisotopic (exact) mass is 461 g/mol. The van der Waals surface area contributed by atoms with Crippen molar-refractivity contribution in [3.8, 4) is 5.75 Å². The van der Waals surface area contributed by atoms with Gasteiger partial charge < -0.3 is 10.1 Å². The van der Waals surface area contributed by atoms with Gasteiger partial charge in [-0.05, 0) is 42.9 Å². The molecule has 2 aromatic rings. The second-order valence-corrected chi connectivity index (χ2v) is 6.96. The van der Waals surface area contributed by atoms with Crippen LogP contribution in [0.15, 0.2) is 49.8 Å². The summed E-state index contributed by atoms with van der Waals surface area (Å²) in [7, 11) is 3.63. The molecule has 0 aliphatic carbocycles. The molecule has 0 fully saturated rings. The van der Waals surface area contributed by atoms with Crippen LogP contribution in [-0.2, 0) is 0 Å². The Morgan fingerprint density at radius 3 is 2.20 bits per heavy atom. The fourth-order valence-electron chi connectivity index (χ4n) is 2.14. The van der Waals surface area contributed by atoms with E-state index in [9.17, 15) is 0 Å². The lowest BCUT2D eigenvalue weighted by Crippen LogP contribution is -2.19. The second-order valence-electron chi connectivity index (χ2n) is 4.27. The van der Waals surface area contributed by atoms with Crippen molar-refractivity contribution in [3.63, 3.8) is 0 Å². The Labute approximate surface area is 144 Å². The average molecular weight is 464 g/mol. The van der Waals surface area contributed by atoms with Crippen LogP contribution in [0.5, 0.6) is 5.75 Å². The molecule has 0 saturated carbocycles. The molecule has 1 N–H and O–H groups in total. The van der Waals surface area contributed by atoms with Gasteiger partial charge >= 0.3 is 0 Å². The molecule has 0 aromatic heterocycles. The molecule has 0 heterocycles. The average Bonchev–Trinajstić information content (AvgIpc) is 2.42. The SMILES string of the molecule is CNC(c1ccc(Br)cc1Br)c1cc(Br)ccc1OC. The minimum atomic E-state index is 0.0462. The first kappa shape index (κ1) is 16.0. The van der Waals surface area contributed by atoms with E-state index in [1.807, 2.05) is 31.3 Å². The smallest absolute Gasteiger partial charge is 0.124 e. The summed E-state index contributed by atoms with van der Waals surface area (Å²) in [5, 5.41) is 3.35. The van der Waals surface area contributed by atoms with E-state index in [4.69, 9.17) is 4.74 Å². The number of hydrogen-bond acceptors (Lipinski definition) is 2. The predicted molar refractivity (Wildman–Crippen MR) is 93.4 cm³/mol. The van der Waals surface area contributed by atoms with Gasteiger partial charge in [-0.3, -0.25) is 0 Å². The van der Waals surface area contributed by atoms with Crippen molar-refractivity contribution in [1.29, 1.82) is 0 Å². The summed E-state index contributed by atoms with van der Waals surface area (Å²) in [5.41, 5.74) is 2.25.